The number of sulfonamides is 1. The average Bonchev–Trinajstić information content (AvgIpc) is 3.11. The molecule has 5 rings (SSSR count). The first-order valence-electron chi connectivity index (χ1n) is 16.2. The summed E-state index contributed by atoms with van der Waals surface area (Å²) in [5.74, 6) is -1.20. The Hall–Kier alpha value is -4.80. The highest BCUT2D eigenvalue weighted by Crippen LogP contribution is 2.37. The molecule has 0 bridgehead atoms. The highest BCUT2D eigenvalue weighted by Gasteiger charge is 2.47. The summed E-state index contributed by atoms with van der Waals surface area (Å²) >= 11 is 3.57. The number of dihydropyridines is 1. The molecule has 3 atom stereocenters. The lowest BCUT2D eigenvalue weighted by Gasteiger charge is -2.36. The SMILES string of the molecule is C=C(OC)C(=CC=C(C)CN=C1Nc2ccc(C3=CC(NS(=O)(=O)c4ccc(F)cc4F)C(OC)N=C3)cc2C(=O)[N+]1(C)c1cc(C)cc(Br)c1)OC. The van der Waals surface area contributed by atoms with E-state index in [1.165, 1.54) is 27.5 Å². The van der Waals surface area contributed by atoms with Crippen LogP contribution >= 0.6 is 15.9 Å². The van der Waals surface area contributed by atoms with Gasteiger partial charge < -0.3 is 14.2 Å². The number of nitrogens with one attached hydrogen (secondary N) is 2. The van der Waals surface area contributed by atoms with Crippen LogP contribution in [0.4, 0.5) is 20.2 Å². The molecular formula is C38H39BrF2N5O6S+. The van der Waals surface area contributed by atoms with Crippen molar-refractivity contribution in [3.8, 4) is 0 Å². The summed E-state index contributed by atoms with van der Waals surface area (Å²) in [6, 6.07) is 12.1. The van der Waals surface area contributed by atoms with Gasteiger partial charge in [0.25, 0.3) is 0 Å². The summed E-state index contributed by atoms with van der Waals surface area (Å²) in [7, 11) is 1.69. The fourth-order valence-electron chi connectivity index (χ4n) is 5.79. The molecule has 0 fully saturated rings. The van der Waals surface area contributed by atoms with E-state index in [9.17, 15) is 22.0 Å². The number of benzene rings is 3. The van der Waals surface area contributed by atoms with Crippen LogP contribution in [0.15, 0.2) is 116 Å². The first-order valence-corrected chi connectivity index (χ1v) is 18.4. The summed E-state index contributed by atoms with van der Waals surface area (Å²) in [5, 5.41) is 3.39. The maximum absolute atomic E-state index is 14.7. The number of anilines is 1. The van der Waals surface area contributed by atoms with Crippen LogP contribution in [-0.4, -0.2) is 73.7 Å². The second-order valence-corrected chi connectivity index (χ2v) is 15.0. The van der Waals surface area contributed by atoms with E-state index < -0.39 is 38.8 Å². The average molecular weight is 812 g/mol. The third kappa shape index (κ3) is 8.39. The summed E-state index contributed by atoms with van der Waals surface area (Å²) in [4.78, 5) is 23.3. The number of hydrogen-bond donors (Lipinski definition) is 2. The number of carbonyl (C=O) groups excluding carboxylic acids is 1. The fourth-order valence-corrected chi connectivity index (χ4v) is 7.62. The van der Waals surface area contributed by atoms with E-state index in [0.29, 0.717) is 51.6 Å². The molecule has 0 saturated carbocycles. The zero-order valence-electron chi connectivity index (χ0n) is 29.9. The number of methoxy groups -OCH3 is 3. The number of aryl methyl sites for hydroxylation is 1. The molecule has 0 spiro atoms. The number of aliphatic imine (C=N–C) groups is 2. The molecule has 2 heterocycles. The minimum atomic E-state index is -4.46. The molecule has 0 radical (unpaired) electrons. The van der Waals surface area contributed by atoms with Crippen LogP contribution in [0, 0.1) is 18.6 Å². The zero-order valence-corrected chi connectivity index (χ0v) is 32.3. The summed E-state index contributed by atoms with van der Waals surface area (Å²) in [5.41, 5.74) is 4.37. The summed E-state index contributed by atoms with van der Waals surface area (Å²) < 4.78 is 73.1. The monoisotopic (exact) mass is 810 g/mol. The maximum Gasteiger partial charge on any atom is 0.360 e. The Bertz CT molecular complexity index is 2220. The summed E-state index contributed by atoms with van der Waals surface area (Å²) in [6.07, 6.45) is 5.67. The predicted octanol–water partition coefficient (Wildman–Crippen LogP) is 7.02. The van der Waals surface area contributed by atoms with Gasteiger partial charge in [0, 0.05) is 36.0 Å². The van der Waals surface area contributed by atoms with Gasteiger partial charge in [0.1, 0.15) is 27.8 Å². The Morgan fingerprint density at radius 2 is 1.85 bits per heavy atom. The van der Waals surface area contributed by atoms with Crippen molar-refractivity contribution in [2.45, 2.75) is 31.0 Å². The molecule has 53 heavy (non-hydrogen) atoms. The van der Waals surface area contributed by atoms with Gasteiger partial charge in [-0.15, -0.1) is 0 Å². The van der Waals surface area contributed by atoms with Crippen LogP contribution in [0.25, 0.3) is 5.57 Å². The number of hydrogen-bond acceptors (Lipinski definition) is 8. The topological polar surface area (TPSA) is 128 Å². The van der Waals surface area contributed by atoms with E-state index in [2.05, 4.69) is 37.5 Å². The number of ether oxygens (including phenoxy) is 3. The molecule has 0 aromatic heterocycles. The smallest absolute Gasteiger partial charge is 0.360 e. The quantitative estimate of drug-likeness (QED) is 0.114. The number of fused-ring (bicyclic) bond motifs is 1. The molecule has 2 aliphatic rings. The minimum absolute atomic E-state index is 0.250. The van der Waals surface area contributed by atoms with Gasteiger partial charge in [-0.25, -0.2) is 27.0 Å². The largest absolute Gasteiger partial charge is 0.494 e. The number of halogens is 3. The second kappa shape index (κ2) is 16.1. The molecule has 0 saturated heterocycles. The fraction of sp³-hybridized carbons (Fsp3) is 0.237. The van der Waals surface area contributed by atoms with Crippen molar-refractivity contribution in [1.29, 1.82) is 0 Å². The number of carbonyl (C=O) groups is 1. The predicted molar refractivity (Wildman–Crippen MR) is 206 cm³/mol. The van der Waals surface area contributed by atoms with Crippen molar-refractivity contribution in [2.75, 3.05) is 40.2 Å². The van der Waals surface area contributed by atoms with Crippen molar-refractivity contribution in [1.82, 2.24) is 9.21 Å². The lowest BCUT2D eigenvalue weighted by Crippen LogP contribution is -2.61. The Balaban J connectivity index is 1.53. The molecule has 15 heteroatoms. The molecule has 11 nitrogen and oxygen atoms in total. The van der Waals surface area contributed by atoms with E-state index in [1.54, 1.807) is 37.4 Å². The lowest BCUT2D eigenvalue weighted by molar-refractivity contribution is 0.0870. The Kier molecular flexibility index (Phi) is 11.9. The first kappa shape index (κ1) is 39.4. The molecular weight excluding hydrogens is 772 g/mol. The van der Waals surface area contributed by atoms with Crippen molar-refractivity contribution >= 4 is 61.0 Å². The number of nitrogens with zero attached hydrogens (tertiary/aromatic N) is 3. The normalized spacial score (nSPS) is 21.2. The van der Waals surface area contributed by atoms with E-state index in [0.717, 1.165) is 27.7 Å². The third-order valence-electron chi connectivity index (χ3n) is 8.68. The van der Waals surface area contributed by atoms with Crippen molar-refractivity contribution in [2.24, 2.45) is 9.98 Å². The molecule has 2 N–H and O–H groups in total. The van der Waals surface area contributed by atoms with Crippen molar-refractivity contribution < 1.29 is 36.2 Å². The Labute approximate surface area is 315 Å². The number of guanidine groups is 1. The second-order valence-electron chi connectivity index (χ2n) is 12.4. The van der Waals surface area contributed by atoms with Crippen LogP contribution < -0.4 is 14.5 Å². The van der Waals surface area contributed by atoms with Crippen LogP contribution in [0.3, 0.4) is 0 Å². The molecule has 3 unspecified atom stereocenters. The molecule has 3 aromatic rings. The van der Waals surface area contributed by atoms with E-state index in [1.807, 2.05) is 38.1 Å². The van der Waals surface area contributed by atoms with Gasteiger partial charge in [0.15, 0.2) is 17.7 Å². The van der Waals surface area contributed by atoms with Crippen LogP contribution in [-0.2, 0) is 24.2 Å². The number of rotatable bonds is 12. The third-order valence-corrected chi connectivity index (χ3v) is 10.6. The molecule has 278 valence electrons. The van der Waals surface area contributed by atoms with Gasteiger partial charge in [-0.3, -0.25) is 10.3 Å². The number of quaternary nitrogens is 1. The highest BCUT2D eigenvalue weighted by atomic mass is 79.9. The Morgan fingerprint density at radius 3 is 2.51 bits per heavy atom. The van der Waals surface area contributed by atoms with E-state index >= 15 is 0 Å². The standard InChI is InChI=1S/C38H38BrF2N5O6S/c1-22(8-12-34(51-6)24(3)50-5)20-43-38-44-32-11-9-25(16-30(32)37(47)46(38,4)29-15-23(2)14-27(39)18-29)26-17-33(36(52-7)42-21-26)45-53(48,49)35-13-10-28(40)19-31(35)41/h8-19,21,33,36,45H,3,20H2,1-2,4-7H3/p+1. The van der Waals surface area contributed by atoms with Gasteiger partial charge in [-0.1, -0.05) is 46.3 Å². The number of allylic oxidation sites excluding steroid dienone is 3. The first-order chi connectivity index (χ1) is 25.1. The van der Waals surface area contributed by atoms with Gasteiger partial charge in [-0.05, 0) is 67.0 Å². The van der Waals surface area contributed by atoms with Crippen molar-refractivity contribution in [3.05, 3.63) is 129 Å². The lowest BCUT2D eigenvalue weighted by atomic mass is 9.96. The Morgan fingerprint density at radius 1 is 1.09 bits per heavy atom. The van der Waals surface area contributed by atoms with Gasteiger partial charge in [-0.2, -0.15) is 9.21 Å². The molecule has 3 aromatic carbocycles. The van der Waals surface area contributed by atoms with E-state index in [-0.39, 0.29) is 16.9 Å². The van der Waals surface area contributed by atoms with Gasteiger partial charge in [0.2, 0.25) is 10.0 Å². The maximum atomic E-state index is 14.7. The van der Waals surface area contributed by atoms with E-state index in [4.69, 9.17) is 19.2 Å². The minimum Gasteiger partial charge on any atom is -0.494 e. The molecule has 0 aliphatic carbocycles. The molecule has 2 aliphatic heterocycles. The van der Waals surface area contributed by atoms with Crippen molar-refractivity contribution in [3.63, 3.8) is 0 Å². The zero-order chi connectivity index (χ0) is 38.7. The van der Waals surface area contributed by atoms with Crippen LogP contribution in [0.5, 0.6) is 0 Å². The number of amides is 1. The van der Waals surface area contributed by atoms with Crippen LogP contribution in [0.1, 0.15) is 28.4 Å². The molecule has 1 amide bonds. The van der Waals surface area contributed by atoms with Crippen LogP contribution in [0.2, 0.25) is 0 Å². The highest BCUT2D eigenvalue weighted by molar-refractivity contribution is 9.10. The van der Waals surface area contributed by atoms with Gasteiger partial charge in [0.05, 0.1) is 39.5 Å². The summed E-state index contributed by atoms with van der Waals surface area (Å²) in [6.45, 7) is 7.91. The van der Waals surface area contributed by atoms with Gasteiger partial charge >= 0.3 is 11.9 Å².